The Bertz CT molecular complexity index is 3450. The lowest BCUT2D eigenvalue weighted by Crippen LogP contribution is -2.61. The van der Waals surface area contributed by atoms with Gasteiger partial charge in [0.1, 0.15) is 22.3 Å². The van der Waals surface area contributed by atoms with Crippen molar-refractivity contribution < 1.29 is 8.83 Å². The Morgan fingerprint density at radius 2 is 0.860 bits per heavy atom. The first kappa shape index (κ1) is 30.8. The predicted octanol–water partition coefficient (Wildman–Crippen LogP) is 12.4. The molecule has 9 aromatic carbocycles. The summed E-state index contributed by atoms with van der Waals surface area (Å²) in [5.41, 5.74) is 16.9. The molecule has 0 fully saturated rings. The minimum absolute atomic E-state index is 0.0803. The summed E-state index contributed by atoms with van der Waals surface area (Å²) in [5, 5.41) is 6.91. The van der Waals surface area contributed by atoms with Gasteiger partial charge in [-0.15, -0.1) is 0 Å². The lowest BCUT2D eigenvalue weighted by atomic mass is 9.33. The Labute approximate surface area is 328 Å². The van der Waals surface area contributed by atoms with E-state index in [9.17, 15) is 0 Å². The summed E-state index contributed by atoms with van der Waals surface area (Å²) in [6.07, 6.45) is 0. The van der Waals surface area contributed by atoms with Gasteiger partial charge in [-0.25, -0.2) is 0 Å². The highest BCUT2D eigenvalue weighted by Gasteiger charge is 2.42. The van der Waals surface area contributed by atoms with Crippen molar-refractivity contribution in [3.05, 3.63) is 188 Å². The van der Waals surface area contributed by atoms with Crippen LogP contribution in [0, 0.1) is 0 Å². The molecule has 11 aromatic rings. The minimum Gasteiger partial charge on any atom is -0.456 e. The number of furan rings is 2. The van der Waals surface area contributed by atoms with Gasteiger partial charge in [-0.3, -0.25) is 0 Å². The highest BCUT2D eigenvalue weighted by atomic mass is 16.3. The molecule has 2 aromatic heterocycles. The van der Waals surface area contributed by atoms with Gasteiger partial charge in [0.05, 0.1) is 0 Å². The molecule has 0 unspecified atom stereocenters. The zero-order valence-electron chi connectivity index (χ0n) is 30.7. The van der Waals surface area contributed by atoms with E-state index in [4.69, 9.17) is 8.83 Å². The fraction of sp³-hybridized carbons (Fsp3) is 0. The smallest absolute Gasteiger partial charge is 0.252 e. The summed E-state index contributed by atoms with van der Waals surface area (Å²) < 4.78 is 12.6. The van der Waals surface area contributed by atoms with Gasteiger partial charge in [0.2, 0.25) is 0 Å². The third-order valence-electron chi connectivity index (χ3n) is 12.2. The van der Waals surface area contributed by atoms with Crippen molar-refractivity contribution in [1.82, 2.24) is 0 Å². The molecule has 0 saturated heterocycles. The van der Waals surface area contributed by atoms with Crippen LogP contribution in [0.5, 0.6) is 0 Å². The highest BCUT2D eigenvalue weighted by Crippen LogP contribution is 2.45. The quantitative estimate of drug-likeness (QED) is 0.170. The molecular weight excluding hydrogens is 695 g/mol. The van der Waals surface area contributed by atoms with Crippen molar-refractivity contribution in [2.24, 2.45) is 0 Å². The molecule has 2 aliphatic rings. The second-order valence-electron chi connectivity index (χ2n) is 15.3. The van der Waals surface area contributed by atoms with E-state index in [1.54, 1.807) is 0 Å². The van der Waals surface area contributed by atoms with Gasteiger partial charge in [-0.2, -0.15) is 0 Å². The van der Waals surface area contributed by atoms with Gasteiger partial charge in [0, 0.05) is 55.7 Å². The van der Waals surface area contributed by atoms with E-state index in [1.165, 1.54) is 61.0 Å². The molecule has 4 heterocycles. The first-order valence-corrected chi connectivity index (χ1v) is 19.5. The maximum Gasteiger partial charge on any atom is 0.252 e. The molecule has 264 valence electrons. The van der Waals surface area contributed by atoms with Gasteiger partial charge < -0.3 is 18.6 Å². The van der Waals surface area contributed by atoms with Crippen molar-refractivity contribution in [2.45, 2.75) is 0 Å². The van der Waals surface area contributed by atoms with E-state index in [1.807, 2.05) is 12.1 Å². The molecule has 4 nitrogen and oxygen atoms in total. The Balaban J connectivity index is 0.972. The lowest BCUT2D eigenvalue weighted by Gasteiger charge is -2.44. The van der Waals surface area contributed by atoms with Crippen molar-refractivity contribution >= 4 is 112 Å². The van der Waals surface area contributed by atoms with Crippen LogP contribution in [0.25, 0.3) is 65.8 Å². The SMILES string of the molecule is c1ccc2c(c1)B1c3ccccc3N(c3ccc4oc5cc6ccccc6cc5c4c3)c3cccc(c31)N2c1ccc(-c2ccc3oc4ccccc4c3c2)cc1. The summed E-state index contributed by atoms with van der Waals surface area (Å²) in [7, 11) is 0. The number of nitrogens with zero attached hydrogens (tertiary/aromatic N) is 2. The maximum atomic E-state index is 6.45. The first-order valence-electron chi connectivity index (χ1n) is 19.5. The molecule has 0 spiro atoms. The highest BCUT2D eigenvalue weighted by molar-refractivity contribution is 7.00. The zero-order chi connectivity index (χ0) is 37.2. The number of anilines is 6. The maximum absolute atomic E-state index is 6.45. The third-order valence-corrected chi connectivity index (χ3v) is 12.2. The first-order chi connectivity index (χ1) is 28.2. The zero-order valence-corrected chi connectivity index (χ0v) is 30.7. The molecule has 0 aliphatic carbocycles. The molecule has 0 radical (unpaired) electrons. The van der Waals surface area contributed by atoms with Crippen molar-refractivity contribution in [1.29, 1.82) is 0 Å². The van der Waals surface area contributed by atoms with E-state index in [2.05, 4.69) is 186 Å². The number of para-hydroxylation sites is 3. The van der Waals surface area contributed by atoms with E-state index < -0.39 is 0 Å². The van der Waals surface area contributed by atoms with Crippen LogP contribution in [0.2, 0.25) is 0 Å². The van der Waals surface area contributed by atoms with Crippen molar-refractivity contribution in [2.75, 3.05) is 9.80 Å². The largest absolute Gasteiger partial charge is 0.456 e. The molecule has 57 heavy (non-hydrogen) atoms. The summed E-state index contributed by atoms with van der Waals surface area (Å²) in [6.45, 7) is 0.0803. The second-order valence-corrected chi connectivity index (χ2v) is 15.3. The molecule has 2 aliphatic heterocycles. The average Bonchev–Trinajstić information content (AvgIpc) is 3.82. The van der Waals surface area contributed by atoms with E-state index in [-0.39, 0.29) is 6.71 Å². The number of benzene rings is 9. The molecule has 0 amide bonds. The van der Waals surface area contributed by atoms with E-state index >= 15 is 0 Å². The third kappa shape index (κ3) is 4.39. The second kappa shape index (κ2) is 11.5. The van der Waals surface area contributed by atoms with Crippen LogP contribution in [0.15, 0.2) is 197 Å². The topological polar surface area (TPSA) is 32.8 Å². The molecule has 0 bridgehead atoms. The molecule has 0 N–H and O–H groups in total. The van der Waals surface area contributed by atoms with Gasteiger partial charge in [0.15, 0.2) is 0 Å². The van der Waals surface area contributed by atoms with Crippen molar-refractivity contribution in [3.8, 4) is 11.1 Å². The molecule has 13 rings (SSSR count). The van der Waals surface area contributed by atoms with Crippen LogP contribution >= 0.6 is 0 Å². The standard InChI is InChI=1S/C52H31BN2O2/c1-2-11-34-30-51-40(28-33(34)10-1)41-31-37(25-27-50(41)57-51)55-45-16-7-5-14-43(45)53-42-13-4-6-15-44(42)54(46-17-9-18-47(55)52(46)53)36-23-20-32(21-24-36)35-22-26-49-39(29-35)38-12-3-8-19-48(38)56-49/h1-31H. The fourth-order valence-electron chi connectivity index (χ4n) is 9.69. The molecular formula is C52H31BN2O2. The normalized spacial score (nSPS) is 13.2. The van der Waals surface area contributed by atoms with Crippen LogP contribution in [0.4, 0.5) is 34.1 Å². The van der Waals surface area contributed by atoms with Gasteiger partial charge >= 0.3 is 0 Å². The van der Waals surface area contributed by atoms with Crippen LogP contribution in [-0.2, 0) is 0 Å². The Hall–Kier alpha value is -7.50. The molecule has 0 saturated carbocycles. The summed E-state index contributed by atoms with van der Waals surface area (Å²) in [6, 6.07) is 68.0. The van der Waals surface area contributed by atoms with Gasteiger partial charge in [-0.05, 0) is 123 Å². The van der Waals surface area contributed by atoms with Gasteiger partial charge in [0.25, 0.3) is 6.71 Å². The summed E-state index contributed by atoms with van der Waals surface area (Å²) in [4.78, 5) is 4.90. The fourth-order valence-corrected chi connectivity index (χ4v) is 9.69. The Morgan fingerprint density at radius 3 is 1.63 bits per heavy atom. The molecule has 5 heteroatoms. The van der Waals surface area contributed by atoms with Crippen LogP contribution < -0.4 is 26.2 Å². The number of hydrogen-bond donors (Lipinski definition) is 0. The predicted molar refractivity (Wildman–Crippen MR) is 238 cm³/mol. The Kier molecular flexibility index (Phi) is 6.22. The van der Waals surface area contributed by atoms with Crippen LogP contribution in [0.3, 0.4) is 0 Å². The van der Waals surface area contributed by atoms with E-state index in [0.29, 0.717) is 0 Å². The number of rotatable bonds is 3. The number of hydrogen-bond acceptors (Lipinski definition) is 4. The summed E-state index contributed by atoms with van der Waals surface area (Å²) >= 11 is 0. The Morgan fingerprint density at radius 1 is 0.333 bits per heavy atom. The average molecular weight is 727 g/mol. The minimum atomic E-state index is 0.0803. The van der Waals surface area contributed by atoms with Gasteiger partial charge in [-0.1, -0.05) is 103 Å². The number of fused-ring (bicyclic) bond motifs is 11. The van der Waals surface area contributed by atoms with Crippen molar-refractivity contribution in [3.63, 3.8) is 0 Å². The monoisotopic (exact) mass is 726 g/mol. The van der Waals surface area contributed by atoms with E-state index in [0.717, 1.165) is 55.3 Å². The van der Waals surface area contributed by atoms with Crippen LogP contribution in [0.1, 0.15) is 0 Å². The lowest BCUT2D eigenvalue weighted by molar-refractivity contribution is 0.669. The molecule has 0 atom stereocenters. The van der Waals surface area contributed by atoms with Crippen LogP contribution in [-0.4, -0.2) is 6.71 Å². The summed E-state index contributed by atoms with van der Waals surface area (Å²) in [5.74, 6) is 0.